The number of ether oxygens (including phenoxy) is 2. The summed E-state index contributed by atoms with van der Waals surface area (Å²) in [6.45, 7) is 12.1. The third-order valence-corrected chi connectivity index (χ3v) is 11.4. The standard InChI is InChI=1S/C43H74NO10P/c1-7-9-18-24-39-35(5)36(6)41(54-39)26-20-14-10-12-16-21-27-42(45)49-31-37(32-51-55(47,48)50-30-29-44)52-43(46)28-22-17-13-11-15-19-25-40-34(4)33(3)38(53-40)23-8-2/h37H,7-32,44H2,1-6H3,(H,47,48)/t37-/m1/s1. The van der Waals surface area contributed by atoms with Crippen LogP contribution in [0.15, 0.2) is 8.83 Å². The van der Waals surface area contributed by atoms with E-state index < -0.39 is 32.5 Å². The van der Waals surface area contributed by atoms with Gasteiger partial charge in [-0.1, -0.05) is 78.1 Å². The van der Waals surface area contributed by atoms with Crippen LogP contribution >= 0.6 is 7.82 Å². The van der Waals surface area contributed by atoms with Gasteiger partial charge in [-0.05, 0) is 88.5 Å². The Morgan fingerprint density at radius 2 is 1.04 bits per heavy atom. The lowest BCUT2D eigenvalue weighted by molar-refractivity contribution is -0.161. The van der Waals surface area contributed by atoms with Crippen LogP contribution < -0.4 is 5.73 Å². The van der Waals surface area contributed by atoms with Crippen molar-refractivity contribution in [2.24, 2.45) is 5.73 Å². The number of hydrogen-bond acceptors (Lipinski definition) is 10. The van der Waals surface area contributed by atoms with Gasteiger partial charge in [0.15, 0.2) is 6.10 Å². The van der Waals surface area contributed by atoms with Crippen LogP contribution in [0.2, 0.25) is 0 Å². The molecule has 12 heteroatoms. The predicted molar refractivity (Wildman–Crippen MR) is 217 cm³/mol. The van der Waals surface area contributed by atoms with Crippen LogP contribution in [0.3, 0.4) is 0 Å². The Balaban J connectivity index is 1.64. The summed E-state index contributed by atoms with van der Waals surface area (Å²) in [6, 6.07) is 0. The molecule has 316 valence electrons. The number of unbranched alkanes of at least 4 members (excludes halogenated alkanes) is 12. The molecule has 0 bridgehead atoms. The summed E-state index contributed by atoms with van der Waals surface area (Å²) >= 11 is 0. The van der Waals surface area contributed by atoms with E-state index in [0.717, 1.165) is 119 Å². The van der Waals surface area contributed by atoms with Gasteiger partial charge >= 0.3 is 19.8 Å². The van der Waals surface area contributed by atoms with Gasteiger partial charge in [0.2, 0.25) is 0 Å². The van der Waals surface area contributed by atoms with Crippen LogP contribution in [0.5, 0.6) is 0 Å². The third-order valence-electron chi connectivity index (χ3n) is 10.4. The number of carbonyl (C=O) groups is 2. The second-order valence-corrected chi connectivity index (χ2v) is 16.5. The molecule has 2 aromatic heterocycles. The lowest BCUT2D eigenvalue weighted by Gasteiger charge is -2.19. The molecule has 0 aromatic carbocycles. The molecule has 0 radical (unpaired) electrons. The SMILES string of the molecule is CCCCCc1oc(CCCCCCCCC(=O)OC[C@H](COP(=O)(O)OCCN)OC(=O)CCCCCCCCc2oc(CCC)c(C)c2C)c(C)c1C. The average molecular weight is 796 g/mol. The fourth-order valence-electron chi connectivity index (χ4n) is 6.68. The molecule has 0 saturated carbocycles. The highest BCUT2D eigenvalue weighted by molar-refractivity contribution is 7.47. The van der Waals surface area contributed by atoms with E-state index in [1.54, 1.807) is 0 Å². The number of phosphoric acid groups is 1. The molecule has 1 unspecified atom stereocenters. The zero-order chi connectivity index (χ0) is 40.5. The van der Waals surface area contributed by atoms with E-state index in [0.29, 0.717) is 12.8 Å². The quantitative estimate of drug-likeness (QED) is 0.0402. The second kappa shape index (κ2) is 28.0. The Hall–Kier alpha value is -2.43. The molecule has 0 amide bonds. The monoisotopic (exact) mass is 796 g/mol. The van der Waals surface area contributed by atoms with Gasteiger partial charge in [0.25, 0.3) is 0 Å². The van der Waals surface area contributed by atoms with Gasteiger partial charge < -0.3 is 28.9 Å². The maximum atomic E-state index is 12.7. The van der Waals surface area contributed by atoms with E-state index >= 15 is 0 Å². The molecule has 55 heavy (non-hydrogen) atoms. The Labute approximate surface area is 331 Å². The fraction of sp³-hybridized carbons (Fsp3) is 0.767. The minimum absolute atomic E-state index is 0.0392. The molecule has 0 spiro atoms. The third kappa shape index (κ3) is 20.0. The summed E-state index contributed by atoms with van der Waals surface area (Å²) in [5.74, 6) is 3.61. The van der Waals surface area contributed by atoms with E-state index in [2.05, 4.69) is 41.5 Å². The van der Waals surface area contributed by atoms with Crippen molar-refractivity contribution in [3.8, 4) is 0 Å². The lowest BCUT2D eigenvalue weighted by atomic mass is 10.0. The van der Waals surface area contributed by atoms with Crippen molar-refractivity contribution >= 4 is 19.8 Å². The van der Waals surface area contributed by atoms with Crippen LogP contribution in [-0.2, 0) is 58.4 Å². The van der Waals surface area contributed by atoms with Crippen molar-refractivity contribution in [1.82, 2.24) is 0 Å². The molecule has 2 heterocycles. The predicted octanol–water partition coefficient (Wildman–Crippen LogP) is 10.6. The molecule has 3 N–H and O–H groups in total. The Kier molecular flexibility index (Phi) is 24.8. The van der Waals surface area contributed by atoms with Crippen molar-refractivity contribution in [3.63, 3.8) is 0 Å². The molecular formula is C43H74NO10P. The van der Waals surface area contributed by atoms with E-state index in [1.165, 1.54) is 41.5 Å². The summed E-state index contributed by atoms with van der Waals surface area (Å²) in [6.07, 6.45) is 19.7. The normalized spacial score (nSPS) is 13.2. The smallest absolute Gasteiger partial charge is 0.466 e. The molecule has 2 atom stereocenters. The van der Waals surface area contributed by atoms with Crippen molar-refractivity contribution in [2.75, 3.05) is 26.4 Å². The zero-order valence-corrected chi connectivity index (χ0v) is 36.0. The number of phosphoric ester groups is 1. The molecule has 0 aliphatic rings. The van der Waals surface area contributed by atoms with Gasteiger partial charge in [0.05, 0.1) is 13.2 Å². The van der Waals surface area contributed by atoms with Gasteiger partial charge in [-0.25, -0.2) is 4.57 Å². The van der Waals surface area contributed by atoms with Crippen molar-refractivity contribution < 1.29 is 46.4 Å². The van der Waals surface area contributed by atoms with Crippen molar-refractivity contribution in [2.45, 2.75) is 189 Å². The second-order valence-electron chi connectivity index (χ2n) is 15.0. The number of nitrogens with two attached hydrogens (primary N) is 1. The summed E-state index contributed by atoms with van der Waals surface area (Å²) in [5.41, 5.74) is 10.5. The van der Waals surface area contributed by atoms with Crippen molar-refractivity contribution in [1.29, 1.82) is 0 Å². The highest BCUT2D eigenvalue weighted by Gasteiger charge is 2.26. The molecule has 0 saturated heterocycles. The highest BCUT2D eigenvalue weighted by atomic mass is 31.2. The number of rotatable bonds is 33. The minimum atomic E-state index is -4.40. The Morgan fingerprint density at radius 3 is 1.51 bits per heavy atom. The Morgan fingerprint density at radius 1 is 0.600 bits per heavy atom. The first-order chi connectivity index (χ1) is 26.4. The van der Waals surface area contributed by atoms with Crippen LogP contribution in [0.1, 0.15) is 175 Å². The number of carbonyl (C=O) groups excluding carboxylic acids is 2. The molecular weight excluding hydrogens is 721 g/mol. The van der Waals surface area contributed by atoms with E-state index in [4.69, 9.17) is 33.1 Å². The zero-order valence-electron chi connectivity index (χ0n) is 35.1. The van der Waals surface area contributed by atoms with Crippen LogP contribution in [0, 0.1) is 27.7 Å². The largest absolute Gasteiger partial charge is 0.472 e. The van der Waals surface area contributed by atoms with E-state index in [9.17, 15) is 19.0 Å². The summed E-state index contributed by atoms with van der Waals surface area (Å²) in [7, 11) is -4.40. The lowest BCUT2D eigenvalue weighted by Crippen LogP contribution is -2.29. The van der Waals surface area contributed by atoms with Gasteiger partial charge in [-0.2, -0.15) is 0 Å². The van der Waals surface area contributed by atoms with E-state index in [-0.39, 0.29) is 32.6 Å². The maximum absolute atomic E-state index is 12.7. The summed E-state index contributed by atoms with van der Waals surface area (Å²) < 4.78 is 45.2. The van der Waals surface area contributed by atoms with Crippen LogP contribution in [0.4, 0.5) is 0 Å². The first kappa shape index (κ1) is 48.7. The van der Waals surface area contributed by atoms with E-state index in [1.807, 2.05) is 0 Å². The van der Waals surface area contributed by atoms with Gasteiger partial charge in [-0.3, -0.25) is 18.6 Å². The average Bonchev–Trinajstić information content (AvgIpc) is 3.58. The molecule has 0 fully saturated rings. The van der Waals surface area contributed by atoms with Gasteiger partial charge in [0, 0.05) is 45.1 Å². The topological polar surface area (TPSA) is 161 Å². The molecule has 2 rings (SSSR count). The summed E-state index contributed by atoms with van der Waals surface area (Å²) in [5, 5.41) is 0. The molecule has 2 aromatic rings. The maximum Gasteiger partial charge on any atom is 0.472 e. The molecule has 0 aliphatic heterocycles. The number of hydrogen-bond donors (Lipinski definition) is 2. The van der Waals surface area contributed by atoms with Crippen LogP contribution in [-0.4, -0.2) is 49.3 Å². The number of esters is 2. The number of furan rings is 2. The van der Waals surface area contributed by atoms with Crippen molar-refractivity contribution in [3.05, 3.63) is 45.3 Å². The molecule has 11 nitrogen and oxygen atoms in total. The highest BCUT2D eigenvalue weighted by Crippen LogP contribution is 2.43. The minimum Gasteiger partial charge on any atom is -0.466 e. The first-order valence-corrected chi connectivity index (χ1v) is 22.7. The first-order valence-electron chi connectivity index (χ1n) is 21.2. The van der Waals surface area contributed by atoms with Gasteiger partial charge in [-0.15, -0.1) is 0 Å². The fourth-order valence-corrected chi connectivity index (χ4v) is 7.45. The summed E-state index contributed by atoms with van der Waals surface area (Å²) in [4.78, 5) is 35.1. The number of aryl methyl sites for hydroxylation is 4. The van der Waals surface area contributed by atoms with Gasteiger partial charge in [0.1, 0.15) is 29.6 Å². The Bertz CT molecular complexity index is 1420. The molecule has 0 aliphatic carbocycles. The van der Waals surface area contributed by atoms with Crippen LogP contribution in [0.25, 0.3) is 0 Å².